The van der Waals surface area contributed by atoms with Gasteiger partial charge in [-0.05, 0) is 6.04 Å². The van der Waals surface area contributed by atoms with Crippen molar-refractivity contribution >= 4 is 19.3 Å². The van der Waals surface area contributed by atoms with E-state index in [4.69, 9.17) is 4.43 Å². The van der Waals surface area contributed by atoms with Gasteiger partial charge >= 0.3 is 0 Å². The zero-order valence-electron chi connectivity index (χ0n) is 3.94. The van der Waals surface area contributed by atoms with Crippen molar-refractivity contribution in [2.75, 3.05) is 6.23 Å². The molecule has 1 nitrogen and oxygen atoms in total. The molecule has 1 fully saturated rings. The van der Waals surface area contributed by atoms with Crippen LogP contribution in [0.5, 0.6) is 0 Å². The van der Waals surface area contributed by atoms with Gasteiger partial charge in [0.05, 0.1) is 0 Å². The molecular formula is C3H10OSi2. The summed E-state index contributed by atoms with van der Waals surface area (Å²) in [5.41, 5.74) is 0. The van der Waals surface area contributed by atoms with Gasteiger partial charge in [0.25, 0.3) is 0 Å². The van der Waals surface area contributed by atoms with Gasteiger partial charge in [-0.25, -0.2) is 0 Å². The summed E-state index contributed by atoms with van der Waals surface area (Å²) in [5.74, 6) is 0. The summed E-state index contributed by atoms with van der Waals surface area (Å²) in [6.45, 7) is 0. The summed E-state index contributed by atoms with van der Waals surface area (Å²) >= 11 is 0. The van der Waals surface area contributed by atoms with E-state index in [-0.39, 0.29) is 9.76 Å². The lowest BCUT2D eigenvalue weighted by atomic mass is 10.9. The SMILES string of the molecule is C1C[SiH2]OC[SiH2]1. The topological polar surface area (TPSA) is 9.23 Å². The molecular weight excluding hydrogens is 108 g/mol. The highest BCUT2D eigenvalue weighted by molar-refractivity contribution is 6.43. The maximum atomic E-state index is 5.27. The lowest BCUT2D eigenvalue weighted by molar-refractivity contribution is 0.401. The van der Waals surface area contributed by atoms with Crippen molar-refractivity contribution in [3.05, 3.63) is 0 Å². The Morgan fingerprint density at radius 1 is 1.33 bits per heavy atom. The molecule has 0 aromatic carbocycles. The van der Waals surface area contributed by atoms with E-state index in [1.807, 2.05) is 0 Å². The van der Waals surface area contributed by atoms with Crippen molar-refractivity contribution in [2.45, 2.75) is 12.1 Å². The Labute approximate surface area is 42.8 Å². The van der Waals surface area contributed by atoms with Crippen molar-refractivity contribution in [3.8, 4) is 0 Å². The molecule has 0 aromatic heterocycles. The highest BCUT2D eigenvalue weighted by atomic mass is 28.2. The fraction of sp³-hybridized carbons (Fsp3) is 1.00. The highest BCUT2D eigenvalue weighted by Crippen LogP contribution is 1.94. The molecule has 0 aromatic rings. The first kappa shape index (κ1) is 4.55. The van der Waals surface area contributed by atoms with Crippen molar-refractivity contribution in [2.24, 2.45) is 0 Å². The Morgan fingerprint density at radius 3 is 2.50 bits per heavy atom. The predicted molar refractivity (Wildman–Crippen MR) is 32.7 cm³/mol. The van der Waals surface area contributed by atoms with Crippen molar-refractivity contribution < 1.29 is 4.43 Å². The molecule has 0 amide bonds. The van der Waals surface area contributed by atoms with Crippen LogP contribution in [-0.4, -0.2) is 25.5 Å². The van der Waals surface area contributed by atoms with Crippen molar-refractivity contribution in [3.63, 3.8) is 0 Å². The third-order valence-corrected chi connectivity index (χ3v) is 5.60. The zero-order valence-corrected chi connectivity index (χ0v) is 6.77. The minimum atomic E-state index is 0.0432. The Balaban J connectivity index is 2.00. The number of hydrogen-bond donors (Lipinski definition) is 0. The average molecular weight is 118 g/mol. The Morgan fingerprint density at radius 2 is 2.33 bits per heavy atom. The molecule has 0 saturated carbocycles. The summed E-state index contributed by atoms with van der Waals surface area (Å²) < 4.78 is 5.27. The van der Waals surface area contributed by atoms with Gasteiger partial charge in [-0.3, -0.25) is 0 Å². The summed E-state index contributed by atoms with van der Waals surface area (Å²) in [4.78, 5) is 0. The van der Waals surface area contributed by atoms with E-state index in [0.717, 1.165) is 0 Å². The molecule has 0 bridgehead atoms. The molecule has 1 aliphatic rings. The van der Waals surface area contributed by atoms with Gasteiger partial charge in [0.15, 0.2) is 9.76 Å². The molecule has 1 saturated heterocycles. The lowest BCUT2D eigenvalue weighted by Gasteiger charge is -2.07. The van der Waals surface area contributed by atoms with E-state index in [2.05, 4.69) is 0 Å². The van der Waals surface area contributed by atoms with Gasteiger partial charge < -0.3 is 4.43 Å². The quantitative estimate of drug-likeness (QED) is 0.373. The molecule has 1 rings (SSSR count). The second kappa shape index (κ2) is 2.55. The molecule has 0 unspecified atom stereocenters. The van der Waals surface area contributed by atoms with Crippen LogP contribution in [0.4, 0.5) is 0 Å². The molecule has 6 heavy (non-hydrogen) atoms. The Kier molecular flexibility index (Phi) is 1.93. The summed E-state index contributed by atoms with van der Waals surface area (Å²) in [6.07, 6.45) is 1.20. The summed E-state index contributed by atoms with van der Waals surface area (Å²) in [5, 5.41) is 0. The Hall–Kier alpha value is 0.394. The third kappa shape index (κ3) is 1.24. The van der Waals surface area contributed by atoms with Crippen LogP contribution < -0.4 is 0 Å². The largest absolute Gasteiger partial charge is 0.428 e. The maximum Gasteiger partial charge on any atom is 0.160 e. The lowest BCUT2D eigenvalue weighted by Crippen LogP contribution is -2.13. The van der Waals surface area contributed by atoms with E-state index >= 15 is 0 Å². The molecule has 0 aliphatic carbocycles. The van der Waals surface area contributed by atoms with Crippen LogP contribution >= 0.6 is 0 Å². The van der Waals surface area contributed by atoms with E-state index in [0.29, 0.717) is 9.52 Å². The Bertz CT molecular complexity index is 24.3. The number of hydrogen-bond acceptors (Lipinski definition) is 1. The van der Waals surface area contributed by atoms with Crippen LogP contribution in [-0.2, 0) is 4.43 Å². The average Bonchev–Trinajstić information content (AvgIpc) is 1.72. The van der Waals surface area contributed by atoms with E-state index in [9.17, 15) is 0 Å². The predicted octanol–water partition coefficient (Wildman–Crippen LogP) is -0.937. The maximum absolute atomic E-state index is 5.27. The van der Waals surface area contributed by atoms with E-state index in [1.54, 1.807) is 6.04 Å². The molecule has 36 valence electrons. The van der Waals surface area contributed by atoms with Crippen LogP contribution in [0.3, 0.4) is 0 Å². The number of rotatable bonds is 0. The van der Waals surface area contributed by atoms with Crippen molar-refractivity contribution in [1.29, 1.82) is 0 Å². The first-order chi connectivity index (χ1) is 3.00. The normalized spacial score (nSPS) is 32.0. The zero-order chi connectivity index (χ0) is 4.24. The molecule has 3 heteroatoms. The second-order valence-electron chi connectivity index (χ2n) is 1.67. The van der Waals surface area contributed by atoms with Crippen LogP contribution in [0.2, 0.25) is 12.1 Å². The first-order valence-electron chi connectivity index (χ1n) is 2.58. The second-order valence-corrected chi connectivity index (χ2v) is 5.02. The molecule has 1 heterocycles. The fourth-order valence-corrected chi connectivity index (χ4v) is 4.96. The van der Waals surface area contributed by atoms with Gasteiger partial charge in [-0.1, -0.05) is 6.04 Å². The van der Waals surface area contributed by atoms with Crippen LogP contribution in [0, 0.1) is 0 Å². The molecule has 0 N–H and O–H groups in total. The standard InChI is InChI=1S/C3H10OSi2/c1-2-6-4-3-5-1/h1-3,5-6H2. The smallest absolute Gasteiger partial charge is 0.160 e. The van der Waals surface area contributed by atoms with Gasteiger partial charge in [0.1, 0.15) is 0 Å². The van der Waals surface area contributed by atoms with Gasteiger partial charge in [0.2, 0.25) is 0 Å². The first-order valence-corrected chi connectivity index (χ1v) is 6.15. The van der Waals surface area contributed by atoms with Gasteiger partial charge in [0, 0.05) is 15.7 Å². The monoisotopic (exact) mass is 118 g/mol. The van der Waals surface area contributed by atoms with E-state index in [1.165, 1.54) is 12.3 Å². The minimum Gasteiger partial charge on any atom is -0.428 e. The summed E-state index contributed by atoms with van der Waals surface area (Å²) in [7, 11) is 0.364. The minimum absolute atomic E-state index is 0.0432. The van der Waals surface area contributed by atoms with E-state index < -0.39 is 0 Å². The molecule has 0 radical (unpaired) electrons. The van der Waals surface area contributed by atoms with Crippen LogP contribution in [0.1, 0.15) is 0 Å². The fourth-order valence-electron chi connectivity index (χ4n) is 0.687. The molecule has 1 aliphatic heterocycles. The van der Waals surface area contributed by atoms with Crippen molar-refractivity contribution in [1.82, 2.24) is 0 Å². The highest BCUT2D eigenvalue weighted by Gasteiger charge is 1.96. The third-order valence-electron chi connectivity index (χ3n) is 1.08. The molecule has 0 atom stereocenters. The molecule has 0 spiro atoms. The van der Waals surface area contributed by atoms with Gasteiger partial charge in [-0.2, -0.15) is 0 Å². The van der Waals surface area contributed by atoms with Crippen LogP contribution in [0.15, 0.2) is 0 Å². The van der Waals surface area contributed by atoms with Gasteiger partial charge in [-0.15, -0.1) is 0 Å². The summed E-state index contributed by atoms with van der Waals surface area (Å²) in [6, 6.07) is 3.05. The van der Waals surface area contributed by atoms with Crippen LogP contribution in [0.25, 0.3) is 0 Å².